The molecule has 1 heterocycles. The van der Waals surface area contributed by atoms with Crippen LogP contribution in [-0.2, 0) is 0 Å². The Morgan fingerprint density at radius 3 is 2.54 bits per heavy atom. The normalized spacial score (nSPS) is 10.5. The van der Waals surface area contributed by atoms with Crippen molar-refractivity contribution in [3.8, 4) is 11.3 Å². The molecule has 1 amide bonds. The number of hydrogen-bond donors (Lipinski definition) is 1. The van der Waals surface area contributed by atoms with Crippen LogP contribution in [0.5, 0.6) is 0 Å². The van der Waals surface area contributed by atoms with E-state index >= 15 is 0 Å². The Labute approximate surface area is 139 Å². The molecule has 0 saturated carbocycles. The molecule has 0 saturated heterocycles. The van der Waals surface area contributed by atoms with Gasteiger partial charge in [-0.2, -0.15) is 0 Å². The molecular weight excluding hydrogens is 310 g/mol. The van der Waals surface area contributed by atoms with E-state index in [1.807, 2.05) is 13.8 Å². The Bertz CT molecular complexity index is 787. The highest BCUT2D eigenvalue weighted by atomic mass is 16.6. The first-order valence-electron chi connectivity index (χ1n) is 7.57. The van der Waals surface area contributed by atoms with Gasteiger partial charge in [-0.25, -0.2) is 9.97 Å². The largest absolute Gasteiger partial charge is 0.368 e. The maximum Gasteiger partial charge on any atom is 0.270 e. The molecule has 8 nitrogen and oxygen atoms in total. The summed E-state index contributed by atoms with van der Waals surface area (Å²) in [6, 6.07) is 5.97. The van der Waals surface area contributed by atoms with Crippen LogP contribution in [0.1, 0.15) is 29.9 Å². The van der Waals surface area contributed by atoms with Crippen LogP contribution in [0.2, 0.25) is 0 Å². The number of aryl methyl sites for hydroxylation is 1. The van der Waals surface area contributed by atoms with Gasteiger partial charge in [-0.3, -0.25) is 14.9 Å². The number of carbonyl (C=O) groups excluding carboxylic acids is 1. The number of nitrogens with two attached hydrogens (primary N) is 1. The van der Waals surface area contributed by atoms with E-state index in [4.69, 9.17) is 5.73 Å². The first-order chi connectivity index (χ1) is 11.4. The molecule has 0 atom stereocenters. The van der Waals surface area contributed by atoms with E-state index in [9.17, 15) is 14.9 Å². The third-order valence-corrected chi connectivity index (χ3v) is 3.70. The number of non-ortho nitro benzene ring substituents is 1. The van der Waals surface area contributed by atoms with Crippen molar-refractivity contribution < 1.29 is 9.72 Å². The van der Waals surface area contributed by atoms with Crippen LogP contribution >= 0.6 is 0 Å². The number of anilines is 1. The van der Waals surface area contributed by atoms with Gasteiger partial charge in [0.05, 0.1) is 21.9 Å². The molecule has 126 valence electrons. The van der Waals surface area contributed by atoms with E-state index in [0.29, 0.717) is 35.6 Å². The smallest absolute Gasteiger partial charge is 0.270 e. The quantitative estimate of drug-likeness (QED) is 0.665. The Morgan fingerprint density at radius 2 is 1.96 bits per heavy atom. The van der Waals surface area contributed by atoms with Crippen LogP contribution in [0, 0.1) is 17.0 Å². The zero-order valence-electron chi connectivity index (χ0n) is 13.8. The van der Waals surface area contributed by atoms with Gasteiger partial charge in [-0.15, -0.1) is 0 Å². The summed E-state index contributed by atoms with van der Waals surface area (Å²) in [6.07, 6.45) is 0. The Morgan fingerprint density at radius 1 is 1.29 bits per heavy atom. The number of nitrogens with zero attached hydrogens (tertiary/aromatic N) is 4. The molecular formula is C16H19N5O3. The van der Waals surface area contributed by atoms with Gasteiger partial charge >= 0.3 is 0 Å². The molecule has 0 aliphatic heterocycles. The van der Waals surface area contributed by atoms with Crippen molar-refractivity contribution in [2.75, 3.05) is 18.8 Å². The van der Waals surface area contributed by atoms with Crippen LogP contribution in [0.3, 0.4) is 0 Å². The number of nitrogen functional groups attached to an aromatic ring is 1. The molecule has 1 aromatic heterocycles. The molecule has 0 radical (unpaired) electrons. The lowest BCUT2D eigenvalue weighted by Gasteiger charge is -2.21. The molecule has 0 fully saturated rings. The average molecular weight is 329 g/mol. The van der Waals surface area contributed by atoms with E-state index in [-0.39, 0.29) is 17.5 Å². The van der Waals surface area contributed by atoms with E-state index < -0.39 is 4.92 Å². The average Bonchev–Trinajstić information content (AvgIpc) is 2.55. The minimum absolute atomic E-state index is 0.0186. The molecule has 2 rings (SSSR count). The van der Waals surface area contributed by atoms with Crippen molar-refractivity contribution in [2.45, 2.75) is 20.8 Å². The maximum atomic E-state index is 12.8. The van der Waals surface area contributed by atoms with Gasteiger partial charge in [0.25, 0.3) is 11.6 Å². The van der Waals surface area contributed by atoms with Gasteiger partial charge in [-0.1, -0.05) is 12.1 Å². The van der Waals surface area contributed by atoms with Crippen LogP contribution in [0.4, 0.5) is 11.6 Å². The zero-order chi connectivity index (χ0) is 17.9. The molecule has 24 heavy (non-hydrogen) atoms. The number of amides is 1. The minimum atomic E-state index is -0.493. The molecule has 0 aliphatic rings. The lowest BCUT2D eigenvalue weighted by Crippen LogP contribution is -2.32. The first kappa shape index (κ1) is 17.3. The summed E-state index contributed by atoms with van der Waals surface area (Å²) < 4.78 is 0. The molecule has 0 unspecified atom stereocenters. The number of aromatic nitrogens is 2. The summed E-state index contributed by atoms with van der Waals surface area (Å²) in [5, 5.41) is 11.0. The summed E-state index contributed by atoms with van der Waals surface area (Å²) in [5.74, 6) is -0.205. The fraction of sp³-hybridized carbons (Fsp3) is 0.312. The highest BCUT2D eigenvalue weighted by molar-refractivity contribution is 6.01. The first-order valence-corrected chi connectivity index (χ1v) is 7.57. The van der Waals surface area contributed by atoms with Gasteiger partial charge in [0.2, 0.25) is 5.95 Å². The van der Waals surface area contributed by atoms with Crippen molar-refractivity contribution in [1.29, 1.82) is 0 Å². The highest BCUT2D eigenvalue weighted by Crippen LogP contribution is 2.28. The predicted octanol–water partition coefficient (Wildman–Crippen LogP) is 2.42. The van der Waals surface area contributed by atoms with Gasteiger partial charge in [0, 0.05) is 30.8 Å². The van der Waals surface area contributed by atoms with E-state index in [0.717, 1.165) is 0 Å². The predicted molar refractivity (Wildman–Crippen MR) is 90.5 cm³/mol. The fourth-order valence-electron chi connectivity index (χ4n) is 2.50. The van der Waals surface area contributed by atoms with Gasteiger partial charge in [0.1, 0.15) is 0 Å². The minimum Gasteiger partial charge on any atom is -0.368 e. The maximum absolute atomic E-state index is 12.8. The van der Waals surface area contributed by atoms with Gasteiger partial charge in [-0.05, 0) is 20.8 Å². The molecule has 2 N–H and O–H groups in total. The van der Waals surface area contributed by atoms with Crippen LogP contribution < -0.4 is 5.73 Å². The van der Waals surface area contributed by atoms with E-state index in [2.05, 4.69) is 9.97 Å². The number of nitro groups is 1. The molecule has 0 spiro atoms. The van der Waals surface area contributed by atoms with Crippen molar-refractivity contribution >= 4 is 17.5 Å². The Balaban J connectivity index is 2.67. The molecule has 2 aromatic rings. The highest BCUT2D eigenvalue weighted by Gasteiger charge is 2.23. The van der Waals surface area contributed by atoms with Crippen LogP contribution in [0.25, 0.3) is 11.3 Å². The fourth-order valence-corrected chi connectivity index (χ4v) is 2.50. The number of hydrogen-bond acceptors (Lipinski definition) is 6. The van der Waals surface area contributed by atoms with Crippen molar-refractivity contribution in [3.05, 3.63) is 45.6 Å². The Hall–Kier alpha value is -3.03. The van der Waals surface area contributed by atoms with Crippen molar-refractivity contribution in [3.63, 3.8) is 0 Å². The summed E-state index contributed by atoms with van der Waals surface area (Å²) >= 11 is 0. The number of benzene rings is 1. The molecule has 0 aliphatic carbocycles. The lowest BCUT2D eigenvalue weighted by molar-refractivity contribution is -0.384. The van der Waals surface area contributed by atoms with Crippen molar-refractivity contribution in [2.24, 2.45) is 0 Å². The second-order valence-corrected chi connectivity index (χ2v) is 5.18. The molecule has 0 bridgehead atoms. The van der Waals surface area contributed by atoms with Gasteiger partial charge < -0.3 is 10.6 Å². The van der Waals surface area contributed by atoms with Crippen LogP contribution in [0.15, 0.2) is 24.3 Å². The van der Waals surface area contributed by atoms with Crippen molar-refractivity contribution in [1.82, 2.24) is 14.9 Å². The Kier molecular flexibility index (Phi) is 5.08. The molecule has 8 heteroatoms. The topological polar surface area (TPSA) is 115 Å². The van der Waals surface area contributed by atoms with Crippen LogP contribution in [-0.4, -0.2) is 38.8 Å². The van der Waals surface area contributed by atoms with Gasteiger partial charge in [0.15, 0.2) is 0 Å². The van der Waals surface area contributed by atoms with E-state index in [1.165, 1.54) is 12.1 Å². The molecule has 1 aromatic carbocycles. The lowest BCUT2D eigenvalue weighted by atomic mass is 10.0. The number of carbonyl (C=O) groups is 1. The number of nitro benzene ring substituents is 1. The summed E-state index contributed by atoms with van der Waals surface area (Å²) in [5.41, 5.74) is 7.16. The monoisotopic (exact) mass is 329 g/mol. The summed E-state index contributed by atoms with van der Waals surface area (Å²) in [4.78, 5) is 33.2. The third-order valence-electron chi connectivity index (χ3n) is 3.70. The second kappa shape index (κ2) is 7.03. The zero-order valence-corrected chi connectivity index (χ0v) is 13.8. The second-order valence-electron chi connectivity index (χ2n) is 5.18. The SMILES string of the molecule is CCN(CC)C(=O)c1c(C)nc(N)nc1-c1cccc([N+](=O)[O-])c1. The summed E-state index contributed by atoms with van der Waals surface area (Å²) in [7, 11) is 0. The number of rotatable bonds is 5. The third kappa shape index (κ3) is 3.32. The summed E-state index contributed by atoms with van der Waals surface area (Å²) in [6.45, 7) is 6.50. The van der Waals surface area contributed by atoms with E-state index in [1.54, 1.807) is 24.0 Å². The standard InChI is InChI=1S/C16H19N5O3/c1-4-20(5-2)15(22)13-10(3)18-16(17)19-14(13)11-7-6-8-12(9-11)21(23)24/h6-9H,4-5H2,1-3H3,(H2,17,18,19).